The number of nitrogens with zero attached hydrogens (tertiary/aromatic N) is 14. The molecule has 0 saturated heterocycles. The largest absolute Gasteiger partial charge is 0.383 e. The summed E-state index contributed by atoms with van der Waals surface area (Å²) in [7, 11) is 9.99. The van der Waals surface area contributed by atoms with E-state index < -0.39 is 122 Å². The molecule has 6 fully saturated rings. The highest BCUT2D eigenvalue weighted by atomic mass is 16.5. The molecule has 0 radical (unpaired) electrons. The normalized spacial score (nSPS) is 26.8. The second-order valence-electron chi connectivity index (χ2n) is 36.2. The summed E-state index contributed by atoms with van der Waals surface area (Å²) in [5, 5.41) is 46.9. The van der Waals surface area contributed by atoms with Crippen LogP contribution < -0.4 is 11.1 Å². The third-order valence-electron chi connectivity index (χ3n) is 29.4. The number of amides is 9. The fraction of sp³-hybridized carbons (Fsp3) is 0.782. The first-order valence-corrected chi connectivity index (χ1v) is 44.2. The van der Waals surface area contributed by atoms with Crippen LogP contribution in [0.2, 0.25) is 0 Å². The Morgan fingerprint density at radius 2 is 0.707 bits per heavy atom. The van der Waals surface area contributed by atoms with Crippen LogP contribution in [-0.4, -0.2) is 358 Å². The molecule has 12 atom stereocenters. The number of primary amides is 1. The average molecular weight is 1730 g/mol. The van der Waals surface area contributed by atoms with Gasteiger partial charge in [-0.15, -0.1) is 10.2 Å². The van der Waals surface area contributed by atoms with E-state index in [-0.39, 0.29) is 152 Å². The van der Waals surface area contributed by atoms with E-state index >= 15 is 4.79 Å². The Morgan fingerprint density at radius 1 is 0.407 bits per heavy atom. The number of ketones is 2. The number of carbonyl (C=O) groups excluding carboxylic acids is 11. The molecule has 6 unspecified atom stereocenters. The molecule has 8 aliphatic carbocycles. The van der Waals surface area contributed by atoms with Crippen LogP contribution in [0.15, 0.2) is 35.7 Å². The second kappa shape index (κ2) is 43.9. The first kappa shape index (κ1) is 97.1. The van der Waals surface area contributed by atoms with Crippen molar-refractivity contribution < 1.29 is 96.1 Å². The van der Waals surface area contributed by atoms with Gasteiger partial charge in [-0.25, -0.2) is 0 Å². The number of aryl methyl sites for hydroxylation is 2. The van der Waals surface area contributed by atoms with E-state index in [9.17, 15) is 58.2 Å². The average Bonchev–Trinajstić information content (AvgIpc) is 1.58. The molecule has 2 heterocycles. The van der Waals surface area contributed by atoms with E-state index in [0.29, 0.717) is 86.2 Å². The highest BCUT2D eigenvalue weighted by molar-refractivity contribution is 5.95. The zero-order valence-electron chi connectivity index (χ0n) is 74.7. The molecular weight excluding hydrogens is 1590 g/mol. The van der Waals surface area contributed by atoms with Crippen LogP contribution >= 0.6 is 0 Å². The summed E-state index contributed by atoms with van der Waals surface area (Å²) in [6.07, 6.45) is 21.2. The maximum absolute atomic E-state index is 15.1. The number of nitrogens with two attached hydrogens (primary N) is 1. The van der Waals surface area contributed by atoms with Gasteiger partial charge in [0.1, 0.15) is 22.6 Å². The Labute approximate surface area is 723 Å². The molecule has 5 N–H and O–H groups in total. The Bertz CT molecular complexity index is 4070. The minimum Gasteiger partial charge on any atom is -0.383 e. The van der Waals surface area contributed by atoms with Crippen LogP contribution in [0, 0.1) is 57.2 Å². The number of nitrogens with one attached hydrogen (secondary N) is 1. The summed E-state index contributed by atoms with van der Waals surface area (Å²) in [6, 6.07) is 0. The molecule has 0 bridgehead atoms. The zero-order valence-corrected chi connectivity index (χ0v) is 74.7. The molecule has 2 aromatic rings. The number of aliphatic hydroxyl groups is 2. The lowest BCUT2D eigenvalue weighted by Gasteiger charge is -2.59. The number of aromatic nitrogens is 6. The van der Waals surface area contributed by atoms with Crippen molar-refractivity contribution in [3.63, 3.8) is 0 Å². The fourth-order valence-corrected chi connectivity index (χ4v) is 22.1. The van der Waals surface area contributed by atoms with Crippen LogP contribution in [0.3, 0.4) is 0 Å². The van der Waals surface area contributed by atoms with E-state index in [0.717, 1.165) is 77.0 Å². The van der Waals surface area contributed by atoms with Crippen LogP contribution in [-0.2, 0) is 110 Å². The molecule has 36 heteroatoms. The van der Waals surface area contributed by atoms with Gasteiger partial charge in [0, 0.05) is 139 Å². The van der Waals surface area contributed by atoms with Crippen molar-refractivity contribution in [2.75, 3.05) is 214 Å². The summed E-state index contributed by atoms with van der Waals surface area (Å²) in [5.74, 6) is -3.15. The summed E-state index contributed by atoms with van der Waals surface area (Å²) < 4.78 is 40.9. The quantitative estimate of drug-likeness (QED) is 0.0688. The van der Waals surface area contributed by atoms with Gasteiger partial charge < -0.3 is 93.6 Å². The molecule has 686 valence electrons. The van der Waals surface area contributed by atoms with Gasteiger partial charge >= 0.3 is 0 Å². The fourth-order valence-electron chi connectivity index (χ4n) is 22.1. The first-order chi connectivity index (χ1) is 58.8. The van der Waals surface area contributed by atoms with Gasteiger partial charge in [0.15, 0.2) is 11.6 Å². The molecule has 0 aromatic carbocycles. The summed E-state index contributed by atoms with van der Waals surface area (Å²) in [4.78, 5) is 164. The molecular formula is C87H138N16O20. The van der Waals surface area contributed by atoms with Crippen molar-refractivity contribution >= 4 is 64.7 Å². The Morgan fingerprint density at radius 3 is 1.03 bits per heavy atom. The highest BCUT2D eigenvalue weighted by Gasteiger charge is 2.67. The SMILES string of the molecule is COCCN(CC(N)=O)C(=O)CN(CCOC)C(=O)CN(CCCn1cc([C@]2(O)CCC3C4CCC5=CC(=O)CC[C@]5(C)C4CC[C@@]32C)nn1)C(=O)CN(CCOC)C(=O)CN(CCOC)C(=O)CN(CCOC)C(=O)CN(CCOC)C(=O)CN(CCOC)C(=O)CNCCCn1cc([C@]2(O)CCC3C4CCC5=CC(=O)CC[C@]5(C)C4CC[C@@]32C)nn1. The zero-order chi connectivity index (χ0) is 89.0. The lowest BCUT2D eigenvalue weighted by molar-refractivity contribution is -0.149. The number of carbonyl (C=O) groups is 11. The van der Waals surface area contributed by atoms with E-state index in [4.69, 9.17) is 38.9 Å². The Balaban J connectivity index is 0.770. The predicted molar refractivity (Wildman–Crippen MR) is 448 cm³/mol. The first-order valence-electron chi connectivity index (χ1n) is 44.2. The predicted octanol–water partition coefficient (Wildman–Crippen LogP) is 2.02. The van der Waals surface area contributed by atoms with Crippen molar-refractivity contribution in [1.29, 1.82) is 0 Å². The van der Waals surface area contributed by atoms with Gasteiger partial charge in [-0.2, -0.15) is 0 Å². The number of hydrogen-bond donors (Lipinski definition) is 4. The number of hydrogen-bond acceptors (Lipinski definition) is 25. The van der Waals surface area contributed by atoms with Gasteiger partial charge in [-0.3, -0.25) is 62.1 Å². The Hall–Kier alpha value is -8.07. The van der Waals surface area contributed by atoms with Crippen LogP contribution in [0.4, 0.5) is 0 Å². The molecule has 9 amide bonds. The summed E-state index contributed by atoms with van der Waals surface area (Å²) in [5.41, 5.74) is 5.81. The van der Waals surface area contributed by atoms with Gasteiger partial charge in [-0.05, 0) is 168 Å². The lowest BCUT2D eigenvalue weighted by atomic mass is 9.46. The maximum Gasteiger partial charge on any atom is 0.242 e. The molecule has 36 nitrogen and oxygen atoms in total. The number of rotatable bonds is 49. The van der Waals surface area contributed by atoms with E-state index in [1.165, 1.54) is 100 Å². The molecule has 10 rings (SSSR count). The van der Waals surface area contributed by atoms with Crippen LogP contribution in [0.1, 0.15) is 155 Å². The molecule has 6 saturated carbocycles. The third kappa shape index (κ3) is 22.5. The standard InChI is InChI=1S/C87H138N16O20/c1-82-24-18-63(104)48-61(82)14-16-65-67(82)20-26-84(3)69(65)22-28-86(84,115)71-51-102(92-90-71)32-12-30-89-50-74(107)96(35-42-118-6)55-78(111)99(38-45-121-9)58-80(113)101(40-47-123-11)60-81(114)100(39-46-122-10)59-79(112)97(36-43-119-7)56-75(108)94(54-77(110)98(37-44-120-8)57-76(109)95(34-41-117-5)53-73(88)106)31-13-33-103-52-72(91-93-103)87(116)29-23-70-66-17-15-62-49-64(105)19-25-83(62,2)68(66)21-27-85(70,87)4/h48-49,51-52,65-70,89,115-116H,12-47,50,53-60H2,1-11H3,(H2,88,106)/t65?,66?,67?,68?,69?,70?,82-,83-,84-,85-,86+,87+/m0/s1. The van der Waals surface area contributed by atoms with Gasteiger partial charge in [0.25, 0.3) is 0 Å². The highest BCUT2D eigenvalue weighted by Crippen LogP contribution is 2.71. The third-order valence-corrected chi connectivity index (χ3v) is 29.4. The molecule has 123 heavy (non-hydrogen) atoms. The number of methoxy groups -OCH3 is 7. The van der Waals surface area contributed by atoms with Crippen molar-refractivity contribution in [3.05, 3.63) is 47.1 Å². The van der Waals surface area contributed by atoms with Crippen molar-refractivity contribution in [3.8, 4) is 0 Å². The molecule has 0 spiro atoms. The molecule has 2 aromatic heterocycles. The summed E-state index contributed by atoms with van der Waals surface area (Å²) in [6.45, 7) is 4.92. The summed E-state index contributed by atoms with van der Waals surface area (Å²) >= 11 is 0. The van der Waals surface area contributed by atoms with Crippen molar-refractivity contribution in [2.45, 2.75) is 168 Å². The topological polar surface area (TPSA) is 418 Å². The molecule has 8 aliphatic rings. The molecule has 0 aliphatic heterocycles. The minimum atomic E-state index is -1.29. The van der Waals surface area contributed by atoms with Gasteiger partial charge in [0.05, 0.1) is 118 Å². The van der Waals surface area contributed by atoms with E-state index in [1.807, 2.05) is 18.3 Å². The van der Waals surface area contributed by atoms with E-state index in [2.05, 4.69) is 53.6 Å². The van der Waals surface area contributed by atoms with Crippen molar-refractivity contribution in [2.24, 2.45) is 62.9 Å². The second-order valence-corrected chi connectivity index (χ2v) is 36.2. The van der Waals surface area contributed by atoms with Crippen LogP contribution in [0.5, 0.6) is 0 Å². The number of fused-ring (bicyclic) bond motifs is 10. The van der Waals surface area contributed by atoms with Gasteiger partial charge in [0.2, 0.25) is 53.2 Å². The smallest absolute Gasteiger partial charge is 0.242 e. The Kier molecular flexibility index (Phi) is 34.7. The monoisotopic (exact) mass is 1730 g/mol. The van der Waals surface area contributed by atoms with Crippen LogP contribution in [0.25, 0.3) is 0 Å². The van der Waals surface area contributed by atoms with E-state index in [1.54, 1.807) is 15.6 Å². The maximum atomic E-state index is 15.1. The minimum absolute atomic E-state index is 0.00804. The number of ether oxygens (including phenoxy) is 7. The van der Waals surface area contributed by atoms with Gasteiger partial charge in [-0.1, -0.05) is 49.3 Å². The number of allylic oxidation sites excluding steroid dienone is 2. The lowest BCUT2D eigenvalue weighted by Crippen LogP contribution is -2.54. The van der Waals surface area contributed by atoms with Crippen molar-refractivity contribution in [1.82, 2.24) is 74.5 Å².